The van der Waals surface area contributed by atoms with Gasteiger partial charge in [0.25, 0.3) is 0 Å². The Kier molecular flexibility index (Phi) is 4.75. The Bertz CT molecular complexity index is 1070. The first-order valence-electron chi connectivity index (χ1n) is 8.46. The molecule has 0 aliphatic rings. The van der Waals surface area contributed by atoms with Crippen molar-refractivity contribution in [1.29, 1.82) is 0 Å². The van der Waals surface area contributed by atoms with Crippen LogP contribution in [0.15, 0.2) is 79.0 Å². The molecule has 0 unspecified atom stereocenters. The maximum atomic E-state index is 13.1. The lowest BCUT2D eigenvalue weighted by Crippen LogP contribution is -2.00. The molecule has 0 amide bonds. The number of aromatic nitrogens is 2. The average molecular weight is 379 g/mol. The largest absolute Gasteiger partial charge is 0.392 e. The van der Waals surface area contributed by atoms with Crippen molar-refractivity contribution in [2.24, 2.45) is 0 Å². The third-order valence-electron chi connectivity index (χ3n) is 4.40. The van der Waals surface area contributed by atoms with Crippen LogP contribution < -0.4 is 0 Å². The van der Waals surface area contributed by atoms with Gasteiger partial charge in [-0.3, -0.25) is 0 Å². The second kappa shape index (κ2) is 7.35. The van der Waals surface area contributed by atoms with Gasteiger partial charge >= 0.3 is 0 Å². The number of aliphatic hydroxyl groups excluding tert-OH is 1. The fourth-order valence-corrected chi connectivity index (χ4v) is 3.26. The third kappa shape index (κ3) is 3.50. The van der Waals surface area contributed by atoms with Gasteiger partial charge in [-0.2, -0.15) is 5.10 Å². The Labute approximate surface area is 161 Å². The summed E-state index contributed by atoms with van der Waals surface area (Å²) in [5, 5.41) is 14.8. The van der Waals surface area contributed by atoms with Crippen LogP contribution in [0.5, 0.6) is 0 Å². The number of nitrogens with zero attached hydrogens (tertiary/aromatic N) is 2. The van der Waals surface area contributed by atoms with E-state index in [9.17, 15) is 9.50 Å². The van der Waals surface area contributed by atoms with Crippen LogP contribution in [0.4, 0.5) is 4.39 Å². The molecule has 27 heavy (non-hydrogen) atoms. The van der Waals surface area contributed by atoms with Crippen LogP contribution in [-0.2, 0) is 6.61 Å². The van der Waals surface area contributed by atoms with Crippen molar-refractivity contribution in [1.82, 2.24) is 9.78 Å². The predicted octanol–water partition coefficient (Wildman–Crippen LogP) is 5.49. The van der Waals surface area contributed by atoms with Gasteiger partial charge in [0.05, 0.1) is 24.2 Å². The number of halogens is 2. The lowest BCUT2D eigenvalue weighted by molar-refractivity contribution is 0.282. The number of aliphatic hydroxyl groups is 1. The second-order valence-corrected chi connectivity index (χ2v) is 6.59. The molecule has 5 heteroatoms. The molecule has 0 aliphatic carbocycles. The maximum Gasteiger partial charge on any atom is 0.123 e. The van der Waals surface area contributed by atoms with E-state index < -0.39 is 0 Å². The average Bonchev–Trinajstić information content (AvgIpc) is 3.13. The SMILES string of the molecule is OCc1cnn(-c2ccc(-c3ccc(F)cc3)cc2)c1-c1cccc(Cl)c1. The van der Waals surface area contributed by atoms with Crippen molar-refractivity contribution in [2.45, 2.75) is 6.61 Å². The van der Waals surface area contributed by atoms with Crippen LogP contribution in [0.25, 0.3) is 28.1 Å². The van der Waals surface area contributed by atoms with Crippen molar-refractivity contribution in [3.05, 3.63) is 95.4 Å². The minimum Gasteiger partial charge on any atom is -0.392 e. The van der Waals surface area contributed by atoms with E-state index in [2.05, 4.69) is 5.10 Å². The molecule has 3 aromatic carbocycles. The summed E-state index contributed by atoms with van der Waals surface area (Å²) in [5.41, 5.74) is 5.18. The van der Waals surface area contributed by atoms with E-state index in [0.29, 0.717) is 5.02 Å². The van der Waals surface area contributed by atoms with Crippen molar-refractivity contribution in [3.63, 3.8) is 0 Å². The van der Waals surface area contributed by atoms with Crippen LogP contribution in [-0.4, -0.2) is 14.9 Å². The van der Waals surface area contributed by atoms with Gasteiger partial charge in [0.1, 0.15) is 5.82 Å². The molecule has 0 fully saturated rings. The van der Waals surface area contributed by atoms with Crippen molar-refractivity contribution in [2.75, 3.05) is 0 Å². The van der Waals surface area contributed by atoms with Crippen molar-refractivity contribution in [3.8, 4) is 28.1 Å². The van der Waals surface area contributed by atoms with E-state index in [1.165, 1.54) is 12.1 Å². The molecule has 1 heterocycles. The highest BCUT2D eigenvalue weighted by Gasteiger charge is 2.14. The summed E-state index contributed by atoms with van der Waals surface area (Å²) in [5.74, 6) is -0.255. The molecule has 0 saturated carbocycles. The Hall–Kier alpha value is -2.95. The molecule has 0 atom stereocenters. The minimum atomic E-state index is -0.255. The molecule has 0 bridgehead atoms. The Morgan fingerprint density at radius 2 is 1.56 bits per heavy atom. The number of benzene rings is 3. The van der Waals surface area contributed by atoms with Gasteiger partial charge in [0.15, 0.2) is 0 Å². The fraction of sp³-hybridized carbons (Fsp3) is 0.0455. The molecule has 3 nitrogen and oxygen atoms in total. The molecule has 4 aromatic rings. The molecular weight excluding hydrogens is 363 g/mol. The molecule has 134 valence electrons. The van der Waals surface area contributed by atoms with Crippen LogP contribution in [0, 0.1) is 5.82 Å². The van der Waals surface area contributed by atoms with E-state index in [0.717, 1.165) is 33.6 Å². The first-order valence-corrected chi connectivity index (χ1v) is 8.83. The summed E-state index contributed by atoms with van der Waals surface area (Å²) >= 11 is 6.14. The first-order chi connectivity index (χ1) is 13.2. The van der Waals surface area contributed by atoms with E-state index >= 15 is 0 Å². The Morgan fingerprint density at radius 3 is 2.19 bits per heavy atom. The van der Waals surface area contributed by atoms with Gasteiger partial charge in [0, 0.05) is 16.1 Å². The molecular formula is C22H16ClFN2O. The minimum absolute atomic E-state index is 0.116. The zero-order chi connectivity index (χ0) is 18.8. The summed E-state index contributed by atoms with van der Waals surface area (Å²) in [6, 6.07) is 21.7. The van der Waals surface area contributed by atoms with Crippen LogP contribution >= 0.6 is 11.6 Å². The quantitative estimate of drug-likeness (QED) is 0.509. The summed E-state index contributed by atoms with van der Waals surface area (Å²) < 4.78 is 14.9. The smallest absolute Gasteiger partial charge is 0.123 e. The summed E-state index contributed by atoms with van der Waals surface area (Å²) in [6.07, 6.45) is 1.66. The highest BCUT2D eigenvalue weighted by atomic mass is 35.5. The van der Waals surface area contributed by atoms with Crippen LogP contribution in [0.3, 0.4) is 0 Å². The maximum absolute atomic E-state index is 13.1. The fourth-order valence-electron chi connectivity index (χ4n) is 3.07. The van der Waals surface area contributed by atoms with E-state index in [4.69, 9.17) is 11.6 Å². The van der Waals surface area contributed by atoms with Crippen molar-refractivity contribution < 1.29 is 9.50 Å². The van der Waals surface area contributed by atoms with Crippen molar-refractivity contribution >= 4 is 11.6 Å². The number of rotatable bonds is 4. The molecule has 1 N–H and O–H groups in total. The van der Waals surface area contributed by atoms with Gasteiger partial charge in [-0.25, -0.2) is 9.07 Å². The van der Waals surface area contributed by atoms with E-state index in [-0.39, 0.29) is 12.4 Å². The third-order valence-corrected chi connectivity index (χ3v) is 4.64. The van der Waals surface area contributed by atoms with Gasteiger partial charge in [-0.1, -0.05) is 48.0 Å². The van der Waals surface area contributed by atoms with Crippen LogP contribution in [0.1, 0.15) is 5.56 Å². The van der Waals surface area contributed by atoms with Crippen LogP contribution in [0.2, 0.25) is 5.02 Å². The predicted molar refractivity (Wildman–Crippen MR) is 105 cm³/mol. The molecule has 0 saturated heterocycles. The highest BCUT2D eigenvalue weighted by molar-refractivity contribution is 6.30. The van der Waals surface area contributed by atoms with Gasteiger partial charge in [-0.15, -0.1) is 0 Å². The number of hydrogen-bond donors (Lipinski definition) is 1. The lowest BCUT2D eigenvalue weighted by atomic mass is 10.0. The zero-order valence-corrected chi connectivity index (χ0v) is 15.1. The molecule has 0 radical (unpaired) electrons. The Balaban J connectivity index is 1.76. The summed E-state index contributed by atoms with van der Waals surface area (Å²) in [7, 11) is 0. The standard InChI is InChI=1S/C22H16ClFN2O/c23-19-3-1-2-17(12-19)22-18(14-27)13-25-26(22)21-10-6-16(7-11-21)15-4-8-20(24)9-5-15/h1-13,27H,14H2. The topological polar surface area (TPSA) is 38.1 Å². The molecule has 1 aromatic heterocycles. The molecule has 0 spiro atoms. The normalized spacial score (nSPS) is 10.9. The number of hydrogen-bond acceptors (Lipinski definition) is 2. The van der Waals surface area contributed by atoms with E-state index in [1.54, 1.807) is 23.0 Å². The highest BCUT2D eigenvalue weighted by Crippen LogP contribution is 2.29. The molecule has 0 aliphatic heterocycles. The second-order valence-electron chi connectivity index (χ2n) is 6.15. The first kappa shape index (κ1) is 17.5. The monoisotopic (exact) mass is 378 g/mol. The molecule has 4 rings (SSSR count). The lowest BCUT2D eigenvalue weighted by Gasteiger charge is -2.11. The van der Waals surface area contributed by atoms with Gasteiger partial charge in [0.2, 0.25) is 0 Å². The zero-order valence-electron chi connectivity index (χ0n) is 14.3. The summed E-state index contributed by atoms with van der Waals surface area (Å²) in [4.78, 5) is 0. The summed E-state index contributed by atoms with van der Waals surface area (Å²) in [6.45, 7) is -0.116. The Morgan fingerprint density at radius 1 is 0.889 bits per heavy atom. The van der Waals surface area contributed by atoms with E-state index in [1.807, 2.05) is 48.5 Å². The van der Waals surface area contributed by atoms with Gasteiger partial charge < -0.3 is 5.11 Å². The van der Waals surface area contributed by atoms with Gasteiger partial charge in [-0.05, 0) is 47.5 Å².